The summed E-state index contributed by atoms with van der Waals surface area (Å²) in [6, 6.07) is 1.91. The summed E-state index contributed by atoms with van der Waals surface area (Å²) < 4.78 is 0. The Hall–Kier alpha value is -1.25. The topological polar surface area (TPSA) is 86.6 Å². The van der Waals surface area contributed by atoms with Crippen molar-refractivity contribution in [2.24, 2.45) is 15.7 Å². The summed E-state index contributed by atoms with van der Waals surface area (Å²) in [7, 11) is 0. The van der Waals surface area contributed by atoms with Crippen molar-refractivity contribution in [1.29, 1.82) is 5.26 Å². The highest BCUT2D eigenvalue weighted by atomic mass is 14.9. The molecule has 0 aromatic heterocycles. The van der Waals surface area contributed by atoms with Crippen LogP contribution in [0.15, 0.2) is 9.98 Å². The standard InChI is InChI=1S/C8H15N5/c9-1-3-11-5-7-13-8-6-12-4-2-10/h6-7,11H,1,3-5,8-9H2. The number of nitriles is 1. The highest BCUT2D eigenvalue weighted by Gasteiger charge is 1.78. The van der Waals surface area contributed by atoms with Crippen LogP contribution < -0.4 is 11.1 Å². The van der Waals surface area contributed by atoms with Crippen molar-refractivity contribution in [1.82, 2.24) is 5.32 Å². The molecule has 72 valence electrons. The zero-order valence-corrected chi connectivity index (χ0v) is 7.61. The Morgan fingerprint density at radius 1 is 1.38 bits per heavy atom. The predicted molar refractivity (Wildman–Crippen MR) is 54.3 cm³/mol. The molecule has 0 aliphatic rings. The highest BCUT2D eigenvalue weighted by molar-refractivity contribution is 5.66. The lowest BCUT2D eigenvalue weighted by Gasteiger charge is -1.94. The first kappa shape index (κ1) is 11.8. The van der Waals surface area contributed by atoms with E-state index in [-0.39, 0.29) is 6.54 Å². The van der Waals surface area contributed by atoms with E-state index in [2.05, 4.69) is 15.3 Å². The van der Waals surface area contributed by atoms with Crippen molar-refractivity contribution in [2.75, 3.05) is 32.7 Å². The van der Waals surface area contributed by atoms with E-state index in [4.69, 9.17) is 11.0 Å². The Labute approximate surface area is 78.4 Å². The first-order valence-corrected chi connectivity index (χ1v) is 4.16. The first-order valence-electron chi connectivity index (χ1n) is 4.16. The molecule has 0 spiro atoms. The van der Waals surface area contributed by atoms with Crippen LogP contribution in [-0.4, -0.2) is 45.2 Å². The molecule has 0 saturated heterocycles. The third-order valence-corrected chi connectivity index (χ3v) is 1.16. The lowest BCUT2D eigenvalue weighted by atomic mass is 10.6. The van der Waals surface area contributed by atoms with E-state index in [1.807, 2.05) is 6.07 Å². The number of nitrogens with zero attached hydrogens (tertiary/aromatic N) is 3. The maximum atomic E-state index is 8.14. The van der Waals surface area contributed by atoms with Crippen LogP contribution in [0.3, 0.4) is 0 Å². The van der Waals surface area contributed by atoms with Crippen LogP contribution in [0, 0.1) is 11.3 Å². The van der Waals surface area contributed by atoms with Gasteiger partial charge in [-0.2, -0.15) is 5.26 Å². The molecule has 0 aliphatic carbocycles. The van der Waals surface area contributed by atoms with Gasteiger partial charge in [-0.25, -0.2) is 0 Å². The van der Waals surface area contributed by atoms with Crippen molar-refractivity contribution in [3.8, 4) is 6.07 Å². The summed E-state index contributed by atoms with van der Waals surface area (Å²) in [5, 5.41) is 11.2. The molecule has 0 radical (unpaired) electrons. The molecule has 5 nitrogen and oxygen atoms in total. The zero-order chi connectivity index (χ0) is 9.78. The lowest BCUT2D eigenvalue weighted by Crippen LogP contribution is -2.24. The van der Waals surface area contributed by atoms with Crippen molar-refractivity contribution in [3.05, 3.63) is 0 Å². The van der Waals surface area contributed by atoms with Gasteiger partial charge in [-0.15, -0.1) is 0 Å². The molecule has 0 bridgehead atoms. The Balaban J connectivity index is 3.17. The molecule has 0 rings (SSSR count). The van der Waals surface area contributed by atoms with Gasteiger partial charge >= 0.3 is 0 Å². The maximum Gasteiger partial charge on any atom is 0.125 e. The van der Waals surface area contributed by atoms with Gasteiger partial charge in [-0.05, 0) is 0 Å². The van der Waals surface area contributed by atoms with E-state index < -0.39 is 0 Å². The number of rotatable bonds is 7. The molecule has 0 aliphatic heterocycles. The summed E-state index contributed by atoms with van der Waals surface area (Å²) in [6.07, 6.45) is 3.40. The molecule has 0 atom stereocenters. The van der Waals surface area contributed by atoms with Crippen molar-refractivity contribution in [3.63, 3.8) is 0 Å². The minimum Gasteiger partial charge on any atom is -0.329 e. The molecule has 0 aromatic rings. The molecule has 0 heterocycles. The van der Waals surface area contributed by atoms with Gasteiger partial charge < -0.3 is 11.1 Å². The second kappa shape index (κ2) is 10.8. The second-order valence-corrected chi connectivity index (χ2v) is 2.22. The predicted octanol–water partition coefficient (Wildman–Crippen LogP) is -0.800. The van der Waals surface area contributed by atoms with Crippen molar-refractivity contribution in [2.45, 2.75) is 0 Å². The van der Waals surface area contributed by atoms with Crippen molar-refractivity contribution < 1.29 is 0 Å². The van der Waals surface area contributed by atoms with E-state index in [9.17, 15) is 0 Å². The Bertz CT molecular complexity index is 191. The minimum atomic E-state index is 0.209. The molecule has 5 heteroatoms. The largest absolute Gasteiger partial charge is 0.329 e. The number of hydrogen-bond acceptors (Lipinski definition) is 5. The molecular weight excluding hydrogens is 166 g/mol. The van der Waals surface area contributed by atoms with Crippen LogP contribution >= 0.6 is 0 Å². The number of aliphatic imine (C=N–C) groups is 2. The fourth-order valence-corrected chi connectivity index (χ4v) is 0.618. The van der Waals surface area contributed by atoms with Gasteiger partial charge in [-0.1, -0.05) is 0 Å². The third-order valence-electron chi connectivity index (χ3n) is 1.16. The van der Waals surface area contributed by atoms with E-state index in [0.29, 0.717) is 13.1 Å². The third kappa shape index (κ3) is 10.8. The van der Waals surface area contributed by atoms with Gasteiger partial charge in [0.1, 0.15) is 6.54 Å². The Kier molecular flexibility index (Phi) is 9.72. The van der Waals surface area contributed by atoms with Gasteiger partial charge in [0.25, 0.3) is 0 Å². The smallest absolute Gasteiger partial charge is 0.125 e. The summed E-state index contributed by atoms with van der Waals surface area (Å²) in [6.45, 7) is 2.90. The SMILES string of the molecule is N#CCN=CCN=CCNCCN. The fourth-order valence-electron chi connectivity index (χ4n) is 0.618. The highest BCUT2D eigenvalue weighted by Crippen LogP contribution is 1.66. The van der Waals surface area contributed by atoms with Crippen LogP contribution in [0.2, 0.25) is 0 Å². The van der Waals surface area contributed by atoms with Gasteiger partial charge in [0, 0.05) is 32.1 Å². The minimum absolute atomic E-state index is 0.209. The van der Waals surface area contributed by atoms with E-state index in [1.165, 1.54) is 0 Å². The van der Waals surface area contributed by atoms with Crippen LogP contribution in [0.5, 0.6) is 0 Å². The fraction of sp³-hybridized carbons (Fsp3) is 0.625. The van der Waals surface area contributed by atoms with Gasteiger partial charge in [0.05, 0.1) is 12.6 Å². The summed E-state index contributed by atoms with van der Waals surface area (Å²) >= 11 is 0. The van der Waals surface area contributed by atoms with Crippen LogP contribution in [-0.2, 0) is 0 Å². The maximum absolute atomic E-state index is 8.14. The summed E-state index contributed by atoms with van der Waals surface area (Å²) in [5.41, 5.74) is 5.27. The van der Waals surface area contributed by atoms with E-state index in [1.54, 1.807) is 12.4 Å². The van der Waals surface area contributed by atoms with Gasteiger partial charge in [0.2, 0.25) is 0 Å². The quantitative estimate of drug-likeness (QED) is 0.306. The number of hydrogen-bond donors (Lipinski definition) is 2. The molecule has 0 unspecified atom stereocenters. The van der Waals surface area contributed by atoms with Gasteiger partial charge in [-0.3, -0.25) is 9.98 Å². The van der Waals surface area contributed by atoms with Crippen LogP contribution in [0.25, 0.3) is 0 Å². The van der Waals surface area contributed by atoms with Crippen molar-refractivity contribution >= 4 is 12.4 Å². The number of nitrogens with one attached hydrogen (secondary N) is 1. The molecule has 0 saturated carbocycles. The second-order valence-electron chi connectivity index (χ2n) is 2.22. The molecule has 0 fully saturated rings. The van der Waals surface area contributed by atoms with Crippen LogP contribution in [0.1, 0.15) is 0 Å². The van der Waals surface area contributed by atoms with E-state index in [0.717, 1.165) is 13.1 Å². The zero-order valence-electron chi connectivity index (χ0n) is 7.61. The lowest BCUT2D eigenvalue weighted by molar-refractivity contribution is 0.772. The monoisotopic (exact) mass is 181 g/mol. The Morgan fingerprint density at radius 2 is 2.23 bits per heavy atom. The summed E-state index contributed by atoms with van der Waals surface area (Å²) in [4.78, 5) is 7.81. The molecule has 0 amide bonds. The Morgan fingerprint density at radius 3 is 2.92 bits per heavy atom. The average Bonchev–Trinajstić information content (AvgIpc) is 2.16. The average molecular weight is 181 g/mol. The van der Waals surface area contributed by atoms with Gasteiger partial charge in [0.15, 0.2) is 0 Å². The molecule has 13 heavy (non-hydrogen) atoms. The first-order chi connectivity index (χ1) is 6.41. The molecule has 3 N–H and O–H groups in total. The molecular formula is C8H15N5. The normalized spacial score (nSPS) is 11.1. The molecule has 0 aromatic carbocycles. The van der Waals surface area contributed by atoms with E-state index >= 15 is 0 Å². The number of nitrogens with two attached hydrogens (primary N) is 1. The summed E-state index contributed by atoms with van der Waals surface area (Å²) in [5.74, 6) is 0. The van der Waals surface area contributed by atoms with Crippen LogP contribution in [0.4, 0.5) is 0 Å².